The first kappa shape index (κ1) is 16.4. The summed E-state index contributed by atoms with van der Waals surface area (Å²) in [7, 11) is 0. The van der Waals surface area contributed by atoms with Crippen LogP contribution in [-0.2, 0) is 11.2 Å². The average Bonchev–Trinajstić information content (AvgIpc) is 3.23. The first-order valence-corrected chi connectivity index (χ1v) is 8.77. The number of imidazole rings is 1. The molecule has 3 aromatic rings. The van der Waals surface area contributed by atoms with Gasteiger partial charge in [0.25, 0.3) is 0 Å². The molecule has 1 unspecified atom stereocenters. The van der Waals surface area contributed by atoms with Gasteiger partial charge < -0.3 is 4.90 Å². The van der Waals surface area contributed by atoms with E-state index < -0.39 is 0 Å². The molecule has 4 rings (SSSR count). The van der Waals surface area contributed by atoms with Gasteiger partial charge in [-0.15, -0.1) is 0 Å². The van der Waals surface area contributed by atoms with Crippen molar-refractivity contribution in [3.05, 3.63) is 66.9 Å². The standard InChI is InChI=1S/C19H20N6O/c26-17(11-15-3-1-5-20-12-15)24-9-2-4-16(13-24)18-19(23-7-6-22-18)25-10-8-21-14-25/h1,3,5-8,10,12,14,16H,2,4,9,11,13H2. The van der Waals surface area contributed by atoms with Crippen LogP contribution in [-0.4, -0.2) is 48.4 Å². The molecule has 1 saturated heterocycles. The fourth-order valence-corrected chi connectivity index (χ4v) is 3.43. The number of carbonyl (C=O) groups is 1. The van der Waals surface area contributed by atoms with Crippen molar-refractivity contribution in [2.75, 3.05) is 13.1 Å². The number of pyridine rings is 1. The Morgan fingerprint density at radius 1 is 1.15 bits per heavy atom. The van der Waals surface area contributed by atoms with Crippen LogP contribution < -0.4 is 0 Å². The van der Waals surface area contributed by atoms with Crippen LogP contribution in [0.15, 0.2) is 55.6 Å². The second kappa shape index (κ2) is 7.43. The van der Waals surface area contributed by atoms with Gasteiger partial charge in [-0.05, 0) is 24.5 Å². The van der Waals surface area contributed by atoms with Crippen molar-refractivity contribution in [3.8, 4) is 5.82 Å². The highest BCUT2D eigenvalue weighted by Gasteiger charge is 2.28. The third-order valence-corrected chi connectivity index (χ3v) is 4.69. The first-order valence-electron chi connectivity index (χ1n) is 8.77. The van der Waals surface area contributed by atoms with Crippen molar-refractivity contribution in [2.45, 2.75) is 25.2 Å². The zero-order chi connectivity index (χ0) is 17.8. The van der Waals surface area contributed by atoms with Crippen LogP contribution in [0.4, 0.5) is 0 Å². The molecule has 7 nitrogen and oxygen atoms in total. The van der Waals surface area contributed by atoms with E-state index in [0.717, 1.165) is 36.5 Å². The third-order valence-electron chi connectivity index (χ3n) is 4.69. The number of nitrogens with zero attached hydrogens (tertiary/aromatic N) is 6. The zero-order valence-electron chi connectivity index (χ0n) is 14.4. The molecule has 26 heavy (non-hydrogen) atoms. The summed E-state index contributed by atoms with van der Waals surface area (Å²) in [5.74, 6) is 1.10. The second-order valence-electron chi connectivity index (χ2n) is 6.45. The molecule has 132 valence electrons. The molecule has 1 fully saturated rings. The van der Waals surface area contributed by atoms with Crippen LogP contribution in [0.1, 0.15) is 30.0 Å². The van der Waals surface area contributed by atoms with Gasteiger partial charge in [0.05, 0.1) is 12.1 Å². The van der Waals surface area contributed by atoms with Crippen LogP contribution in [0.5, 0.6) is 0 Å². The normalized spacial score (nSPS) is 17.2. The van der Waals surface area contributed by atoms with Gasteiger partial charge in [0.2, 0.25) is 5.91 Å². The minimum absolute atomic E-state index is 0.135. The van der Waals surface area contributed by atoms with Crippen molar-refractivity contribution in [1.29, 1.82) is 0 Å². The summed E-state index contributed by atoms with van der Waals surface area (Å²) in [5, 5.41) is 0. The lowest BCUT2D eigenvalue weighted by Crippen LogP contribution is -2.40. The Balaban J connectivity index is 1.52. The highest BCUT2D eigenvalue weighted by molar-refractivity contribution is 5.78. The Bertz CT molecular complexity index is 865. The van der Waals surface area contributed by atoms with Crippen molar-refractivity contribution in [1.82, 2.24) is 29.4 Å². The summed E-state index contributed by atoms with van der Waals surface area (Å²) in [6.45, 7) is 1.45. The number of piperidine rings is 1. The van der Waals surface area contributed by atoms with Gasteiger partial charge in [0.15, 0.2) is 5.82 Å². The van der Waals surface area contributed by atoms with Gasteiger partial charge in [-0.3, -0.25) is 19.3 Å². The predicted octanol–water partition coefficient (Wildman–Crippen LogP) is 2.01. The fourth-order valence-electron chi connectivity index (χ4n) is 3.43. The SMILES string of the molecule is O=C(Cc1cccnc1)N1CCCC(c2nccnc2-n2ccnc2)C1. The lowest BCUT2D eigenvalue weighted by Gasteiger charge is -2.33. The zero-order valence-corrected chi connectivity index (χ0v) is 14.4. The summed E-state index contributed by atoms with van der Waals surface area (Å²) in [4.78, 5) is 31.9. The highest BCUT2D eigenvalue weighted by atomic mass is 16.2. The van der Waals surface area contributed by atoms with Crippen LogP contribution in [0, 0.1) is 0 Å². The second-order valence-corrected chi connectivity index (χ2v) is 6.45. The fraction of sp³-hybridized carbons (Fsp3) is 0.316. The molecule has 1 aliphatic heterocycles. The molecule has 0 aliphatic carbocycles. The molecule has 1 atom stereocenters. The number of likely N-dealkylation sites (tertiary alicyclic amines) is 1. The van der Waals surface area contributed by atoms with Crippen molar-refractivity contribution in [3.63, 3.8) is 0 Å². The first-order chi connectivity index (χ1) is 12.8. The number of amides is 1. The number of rotatable bonds is 4. The van der Waals surface area contributed by atoms with Gasteiger partial charge in [0.1, 0.15) is 6.33 Å². The molecule has 4 heterocycles. The minimum atomic E-state index is 0.135. The average molecular weight is 348 g/mol. The Labute approximate surface area is 151 Å². The molecule has 0 aromatic carbocycles. The van der Waals surface area contributed by atoms with Gasteiger partial charge in [-0.2, -0.15) is 0 Å². The molecule has 7 heteroatoms. The van der Waals surface area contributed by atoms with Gasteiger partial charge >= 0.3 is 0 Å². The lowest BCUT2D eigenvalue weighted by atomic mass is 9.94. The largest absolute Gasteiger partial charge is 0.342 e. The molecule has 1 amide bonds. The van der Waals surface area contributed by atoms with Gasteiger partial charge in [-0.1, -0.05) is 6.07 Å². The van der Waals surface area contributed by atoms with Crippen LogP contribution in [0.25, 0.3) is 5.82 Å². The van der Waals surface area contributed by atoms with Crippen molar-refractivity contribution >= 4 is 5.91 Å². The molecule has 0 radical (unpaired) electrons. The lowest BCUT2D eigenvalue weighted by molar-refractivity contribution is -0.131. The van der Waals surface area contributed by atoms with E-state index in [2.05, 4.69) is 19.9 Å². The Hall–Kier alpha value is -3.09. The third kappa shape index (κ3) is 3.46. The maximum Gasteiger partial charge on any atom is 0.227 e. The van der Waals surface area contributed by atoms with Crippen LogP contribution in [0.3, 0.4) is 0 Å². The van der Waals surface area contributed by atoms with E-state index in [1.54, 1.807) is 37.3 Å². The van der Waals surface area contributed by atoms with Gasteiger partial charge in [0, 0.05) is 56.2 Å². The van der Waals surface area contributed by atoms with Crippen molar-refractivity contribution < 1.29 is 4.79 Å². The number of aromatic nitrogens is 5. The molecule has 1 aliphatic rings. The summed E-state index contributed by atoms with van der Waals surface area (Å²) in [6.07, 6.45) is 14.5. The topological polar surface area (TPSA) is 76.8 Å². The molecule has 3 aromatic heterocycles. The molecule has 0 bridgehead atoms. The van der Waals surface area contributed by atoms with Crippen molar-refractivity contribution in [2.24, 2.45) is 0 Å². The maximum atomic E-state index is 12.7. The maximum absolute atomic E-state index is 12.7. The summed E-state index contributed by atoms with van der Waals surface area (Å²) in [5.41, 5.74) is 1.86. The number of hydrogen-bond donors (Lipinski definition) is 0. The highest BCUT2D eigenvalue weighted by Crippen LogP contribution is 2.28. The molecule has 0 N–H and O–H groups in total. The molecule has 0 saturated carbocycles. The van der Waals surface area contributed by atoms with E-state index in [-0.39, 0.29) is 11.8 Å². The van der Waals surface area contributed by atoms with Crippen LogP contribution >= 0.6 is 0 Å². The van der Waals surface area contributed by atoms with E-state index in [1.165, 1.54) is 0 Å². The minimum Gasteiger partial charge on any atom is -0.342 e. The molecular weight excluding hydrogens is 328 g/mol. The van der Waals surface area contributed by atoms with E-state index in [0.29, 0.717) is 13.0 Å². The van der Waals surface area contributed by atoms with E-state index in [9.17, 15) is 4.79 Å². The Kier molecular flexibility index (Phi) is 4.68. The summed E-state index contributed by atoms with van der Waals surface area (Å²) in [6, 6.07) is 3.80. The van der Waals surface area contributed by atoms with Gasteiger partial charge in [-0.25, -0.2) is 9.97 Å². The quantitative estimate of drug-likeness (QED) is 0.721. The number of hydrogen-bond acceptors (Lipinski definition) is 5. The van der Waals surface area contributed by atoms with E-state index >= 15 is 0 Å². The summed E-state index contributed by atoms with van der Waals surface area (Å²) >= 11 is 0. The number of carbonyl (C=O) groups excluding carboxylic acids is 1. The predicted molar refractivity (Wildman–Crippen MR) is 95.7 cm³/mol. The van der Waals surface area contributed by atoms with E-state index in [4.69, 9.17) is 0 Å². The monoisotopic (exact) mass is 348 g/mol. The van der Waals surface area contributed by atoms with E-state index in [1.807, 2.05) is 27.8 Å². The van der Waals surface area contributed by atoms with Crippen LogP contribution in [0.2, 0.25) is 0 Å². The Morgan fingerprint density at radius 3 is 2.88 bits per heavy atom. The molecular formula is C19H20N6O. The summed E-state index contributed by atoms with van der Waals surface area (Å²) < 4.78 is 1.87. The Morgan fingerprint density at radius 2 is 2.08 bits per heavy atom. The smallest absolute Gasteiger partial charge is 0.227 e. The molecule has 0 spiro atoms.